The van der Waals surface area contributed by atoms with Crippen LogP contribution in [0.4, 0.5) is 0 Å². The maximum absolute atomic E-state index is 12.8. The van der Waals surface area contributed by atoms with Gasteiger partial charge in [0.25, 0.3) is 0 Å². The van der Waals surface area contributed by atoms with E-state index in [1.807, 2.05) is 0 Å². The molecular weight excluding hydrogens is 456 g/mol. The number of phenols is 3. The Morgan fingerprint density at radius 3 is 2.32 bits per heavy atom. The number of methoxy groups -OCH3 is 1. The fraction of sp³-hybridized carbons (Fsp3) is 0.318. The zero-order chi connectivity index (χ0) is 24.7. The summed E-state index contributed by atoms with van der Waals surface area (Å²) in [5.41, 5.74) is -0.895. The van der Waals surface area contributed by atoms with Crippen molar-refractivity contribution in [3.8, 4) is 40.1 Å². The molecule has 0 amide bonds. The first-order valence-electron chi connectivity index (χ1n) is 10.0. The number of benzene rings is 2. The van der Waals surface area contributed by atoms with Crippen LogP contribution < -0.4 is 14.9 Å². The number of aromatic hydroxyl groups is 3. The molecule has 3 aromatic rings. The maximum atomic E-state index is 12.8. The van der Waals surface area contributed by atoms with Crippen molar-refractivity contribution < 1.29 is 54.4 Å². The van der Waals surface area contributed by atoms with Gasteiger partial charge in [0.15, 0.2) is 28.3 Å². The molecule has 1 aliphatic heterocycles. The van der Waals surface area contributed by atoms with E-state index in [2.05, 4.69) is 0 Å². The van der Waals surface area contributed by atoms with Gasteiger partial charge in [0.2, 0.25) is 12.0 Å². The van der Waals surface area contributed by atoms with Gasteiger partial charge in [0.1, 0.15) is 41.3 Å². The Morgan fingerprint density at radius 1 is 0.941 bits per heavy atom. The number of hydrogen-bond acceptors (Lipinski definition) is 12. The van der Waals surface area contributed by atoms with Crippen LogP contribution in [0.2, 0.25) is 0 Å². The van der Waals surface area contributed by atoms with Crippen molar-refractivity contribution in [1.29, 1.82) is 0 Å². The molecule has 0 spiro atoms. The third kappa shape index (κ3) is 3.97. The summed E-state index contributed by atoms with van der Waals surface area (Å²) < 4.78 is 21.5. The lowest BCUT2D eigenvalue weighted by atomic mass is 9.99. The van der Waals surface area contributed by atoms with Crippen molar-refractivity contribution in [3.05, 3.63) is 40.6 Å². The number of fused-ring (bicyclic) bond motifs is 1. The number of aliphatic hydroxyl groups excluding tert-OH is 4. The normalized spacial score (nSPS) is 24.8. The van der Waals surface area contributed by atoms with Crippen molar-refractivity contribution in [3.63, 3.8) is 0 Å². The molecule has 1 fully saturated rings. The second-order valence-electron chi connectivity index (χ2n) is 7.62. The molecule has 5 atom stereocenters. The molecule has 0 aliphatic carbocycles. The molecule has 0 bridgehead atoms. The van der Waals surface area contributed by atoms with Gasteiger partial charge in [-0.15, -0.1) is 0 Å². The van der Waals surface area contributed by atoms with Gasteiger partial charge in [-0.2, -0.15) is 0 Å². The lowest BCUT2D eigenvalue weighted by molar-refractivity contribution is -0.277. The Kier molecular flexibility index (Phi) is 6.25. The molecular formula is C22H22O12. The first-order valence-corrected chi connectivity index (χ1v) is 10.0. The monoisotopic (exact) mass is 478 g/mol. The van der Waals surface area contributed by atoms with E-state index in [0.29, 0.717) is 0 Å². The number of aliphatic hydroxyl groups is 4. The lowest BCUT2D eigenvalue weighted by Gasteiger charge is -2.39. The molecule has 1 saturated heterocycles. The number of ether oxygens (including phenoxy) is 3. The largest absolute Gasteiger partial charge is 0.507 e. The topological polar surface area (TPSA) is 200 Å². The van der Waals surface area contributed by atoms with Crippen LogP contribution in [0.25, 0.3) is 22.3 Å². The second kappa shape index (κ2) is 9.00. The fourth-order valence-corrected chi connectivity index (χ4v) is 3.66. The van der Waals surface area contributed by atoms with Crippen LogP contribution in [0.1, 0.15) is 0 Å². The van der Waals surface area contributed by atoms with Crippen LogP contribution in [-0.2, 0) is 4.74 Å². The highest BCUT2D eigenvalue weighted by molar-refractivity contribution is 5.91. The van der Waals surface area contributed by atoms with Crippen LogP contribution in [0.3, 0.4) is 0 Å². The third-order valence-corrected chi connectivity index (χ3v) is 5.46. The first kappa shape index (κ1) is 23.6. The zero-order valence-electron chi connectivity index (χ0n) is 17.7. The molecule has 2 aromatic carbocycles. The van der Waals surface area contributed by atoms with E-state index in [1.165, 1.54) is 25.3 Å². The van der Waals surface area contributed by atoms with Gasteiger partial charge < -0.3 is 54.4 Å². The smallest absolute Gasteiger partial charge is 0.229 e. The van der Waals surface area contributed by atoms with Gasteiger partial charge in [-0.3, -0.25) is 4.79 Å². The SMILES string of the molecule is COc1ccc(-c2cc(=O)c3c(O)cc(O)c(O[C@H]4O[C@@H](CO)[C@H](O)[C@H](O)[C@@H]4O)c3o2)cc1O. The second-order valence-corrected chi connectivity index (χ2v) is 7.62. The van der Waals surface area contributed by atoms with E-state index < -0.39 is 65.6 Å². The quantitative estimate of drug-likeness (QED) is 0.254. The summed E-state index contributed by atoms with van der Waals surface area (Å²) in [6.45, 7) is -0.715. The average molecular weight is 478 g/mol. The number of hydrogen-bond donors (Lipinski definition) is 7. The van der Waals surface area contributed by atoms with Gasteiger partial charge in [0, 0.05) is 17.7 Å². The Morgan fingerprint density at radius 2 is 1.68 bits per heavy atom. The zero-order valence-corrected chi connectivity index (χ0v) is 17.7. The molecule has 0 saturated carbocycles. The molecule has 4 rings (SSSR count). The lowest BCUT2D eigenvalue weighted by Crippen LogP contribution is -2.60. The minimum Gasteiger partial charge on any atom is -0.507 e. The van der Waals surface area contributed by atoms with Crippen LogP contribution in [0.5, 0.6) is 28.7 Å². The van der Waals surface area contributed by atoms with Crippen molar-refractivity contribution in [1.82, 2.24) is 0 Å². The Bertz CT molecular complexity index is 1270. The highest BCUT2D eigenvalue weighted by Crippen LogP contribution is 2.42. The standard InChI is InChI=1S/C22H22O12/c1-31-13-3-2-8(4-9(13)24)14-6-11(26)16-10(25)5-12(27)20(21(16)32-14)34-22-19(30)18(29)17(28)15(7-23)33-22/h2-6,15,17-19,22-25,27-30H,7H2,1H3/t15-,17-,18-,19-,22+/m0/s1. The Hall–Kier alpha value is -3.55. The summed E-state index contributed by atoms with van der Waals surface area (Å²) >= 11 is 0. The summed E-state index contributed by atoms with van der Waals surface area (Å²) in [6.07, 6.45) is -8.20. The number of phenolic OH excluding ortho intramolecular Hbond substituents is 3. The molecule has 1 aromatic heterocycles. The Balaban J connectivity index is 1.84. The predicted molar refractivity (Wildman–Crippen MR) is 114 cm³/mol. The molecule has 34 heavy (non-hydrogen) atoms. The highest BCUT2D eigenvalue weighted by Gasteiger charge is 2.45. The van der Waals surface area contributed by atoms with Crippen LogP contribution in [0, 0.1) is 0 Å². The van der Waals surface area contributed by atoms with E-state index in [1.54, 1.807) is 0 Å². The van der Waals surface area contributed by atoms with E-state index in [-0.39, 0.29) is 28.2 Å². The number of rotatable bonds is 5. The average Bonchev–Trinajstić information content (AvgIpc) is 2.80. The fourth-order valence-electron chi connectivity index (χ4n) is 3.66. The van der Waals surface area contributed by atoms with Crippen molar-refractivity contribution >= 4 is 11.0 Å². The van der Waals surface area contributed by atoms with Gasteiger partial charge >= 0.3 is 0 Å². The summed E-state index contributed by atoms with van der Waals surface area (Å²) in [4.78, 5) is 12.8. The van der Waals surface area contributed by atoms with Crippen molar-refractivity contribution in [2.75, 3.05) is 13.7 Å². The van der Waals surface area contributed by atoms with Crippen LogP contribution >= 0.6 is 0 Å². The van der Waals surface area contributed by atoms with E-state index in [9.17, 15) is 40.5 Å². The highest BCUT2D eigenvalue weighted by atomic mass is 16.7. The molecule has 7 N–H and O–H groups in total. The predicted octanol–water partition coefficient (Wildman–Crippen LogP) is -0.236. The molecule has 0 radical (unpaired) electrons. The minimum atomic E-state index is -1.81. The third-order valence-electron chi connectivity index (χ3n) is 5.46. The molecule has 1 aliphatic rings. The summed E-state index contributed by atoms with van der Waals surface area (Å²) in [6, 6.07) is 6.06. The Labute approximate surface area is 191 Å². The summed E-state index contributed by atoms with van der Waals surface area (Å²) in [7, 11) is 1.36. The minimum absolute atomic E-state index is 0.0703. The van der Waals surface area contributed by atoms with Gasteiger partial charge in [0.05, 0.1) is 13.7 Å². The van der Waals surface area contributed by atoms with Crippen LogP contribution in [-0.4, -0.2) is 80.2 Å². The van der Waals surface area contributed by atoms with Crippen molar-refractivity contribution in [2.24, 2.45) is 0 Å². The molecule has 0 unspecified atom stereocenters. The molecule has 182 valence electrons. The van der Waals surface area contributed by atoms with E-state index in [4.69, 9.17) is 18.6 Å². The van der Waals surface area contributed by atoms with Gasteiger partial charge in [-0.05, 0) is 18.2 Å². The van der Waals surface area contributed by atoms with E-state index >= 15 is 0 Å². The van der Waals surface area contributed by atoms with E-state index in [0.717, 1.165) is 12.1 Å². The maximum Gasteiger partial charge on any atom is 0.229 e. The molecule has 12 heteroatoms. The van der Waals surface area contributed by atoms with Gasteiger partial charge in [-0.25, -0.2) is 0 Å². The first-order chi connectivity index (χ1) is 16.2. The van der Waals surface area contributed by atoms with Gasteiger partial charge in [-0.1, -0.05) is 0 Å². The molecule has 2 heterocycles. The van der Waals surface area contributed by atoms with Crippen LogP contribution in [0.15, 0.2) is 39.5 Å². The summed E-state index contributed by atoms with van der Waals surface area (Å²) in [5, 5.41) is 69.9. The molecule has 12 nitrogen and oxygen atoms in total. The summed E-state index contributed by atoms with van der Waals surface area (Å²) in [5.74, 6) is -1.97. The van der Waals surface area contributed by atoms with Crippen molar-refractivity contribution in [2.45, 2.75) is 30.7 Å².